The molecule has 0 spiro atoms. The van der Waals surface area contributed by atoms with Gasteiger partial charge in [-0.25, -0.2) is 9.48 Å². The van der Waals surface area contributed by atoms with Crippen molar-refractivity contribution in [1.82, 2.24) is 19.9 Å². The van der Waals surface area contributed by atoms with Crippen LogP contribution in [0.25, 0.3) is 0 Å². The fraction of sp³-hybridized carbons (Fsp3) is 0.361. The summed E-state index contributed by atoms with van der Waals surface area (Å²) in [4.78, 5) is 34.2. The van der Waals surface area contributed by atoms with Crippen LogP contribution < -0.4 is 0 Å². The van der Waals surface area contributed by atoms with Crippen LogP contribution in [0.1, 0.15) is 83.2 Å². The third-order valence-corrected chi connectivity index (χ3v) is 8.62. The second-order valence-corrected chi connectivity index (χ2v) is 11.9. The van der Waals surface area contributed by atoms with Crippen molar-refractivity contribution in [2.75, 3.05) is 13.7 Å². The smallest absolute Gasteiger partial charge is 0.328 e. The number of piperidine rings is 1. The van der Waals surface area contributed by atoms with Crippen molar-refractivity contribution in [1.29, 1.82) is 0 Å². The number of hydrogen-bond donors (Lipinski definition) is 1. The van der Waals surface area contributed by atoms with Gasteiger partial charge in [0, 0.05) is 5.56 Å². The van der Waals surface area contributed by atoms with Crippen LogP contribution in [-0.4, -0.2) is 62.8 Å². The Morgan fingerprint density at radius 2 is 1.76 bits per heavy atom. The summed E-state index contributed by atoms with van der Waals surface area (Å²) in [6, 6.07) is 23.9. The van der Waals surface area contributed by atoms with Gasteiger partial charge in [0.2, 0.25) is 0 Å². The van der Waals surface area contributed by atoms with Gasteiger partial charge in [-0.3, -0.25) is 4.79 Å². The van der Waals surface area contributed by atoms with Crippen LogP contribution in [0.4, 0.5) is 0 Å². The van der Waals surface area contributed by atoms with E-state index in [1.54, 1.807) is 46.3 Å². The number of esters is 1. The van der Waals surface area contributed by atoms with E-state index in [0.717, 1.165) is 28.7 Å². The van der Waals surface area contributed by atoms with Gasteiger partial charge in [-0.1, -0.05) is 89.6 Å². The minimum absolute atomic E-state index is 0.0731. The lowest BCUT2D eigenvalue weighted by Crippen LogP contribution is -2.52. The van der Waals surface area contributed by atoms with Crippen molar-refractivity contribution in [3.8, 4) is 0 Å². The van der Waals surface area contributed by atoms with Crippen LogP contribution in [0.2, 0.25) is 0 Å². The van der Waals surface area contributed by atoms with E-state index < -0.39 is 18.1 Å². The van der Waals surface area contributed by atoms with Gasteiger partial charge in [-0.2, -0.15) is 0 Å². The quantitative estimate of drug-likeness (QED) is 0.131. The summed E-state index contributed by atoms with van der Waals surface area (Å²) in [5, 5.41) is 22.5. The number of benzene rings is 3. The maximum absolute atomic E-state index is 14.0. The number of nitrogens with zero attached hydrogens (tertiary/aromatic N) is 5. The molecule has 10 nitrogen and oxygen atoms in total. The fourth-order valence-electron chi connectivity index (χ4n) is 5.95. The number of oxime groups is 1. The number of carbonyl (C=O) groups excluding carboxylic acids is 2. The van der Waals surface area contributed by atoms with Crippen molar-refractivity contribution in [2.45, 2.75) is 64.3 Å². The predicted octanol–water partition coefficient (Wildman–Crippen LogP) is 5.63. The van der Waals surface area contributed by atoms with Crippen LogP contribution in [0.15, 0.2) is 90.2 Å². The Labute approximate surface area is 269 Å². The Kier molecular flexibility index (Phi) is 10.6. The minimum Gasteiger partial charge on any atom is -0.467 e. The summed E-state index contributed by atoms with van der Waals surface area (Å²) < 4.78 is 6.77. The molecule has 0 saturated carbocycles. The SMILES string of the molecule is COC(=O)[C@@H]1CC[C@H](C)[C@@H](c2ccc(C)cc2)N1C(=O)c1ccc(C=NO[C@@H](C)c2cn([C@H](CO)Cc3ccccc3)nn2)cc1. The van der Waals surface area contributed by atoms with E-state index in [0.29, 0.717) is 24.1 Å². The summed E-state index contributed by atoms with van der Waals surface area (Å²) in [5.41, 5.74) is 5.02. The van der Waals surface area contributed by atoms with E-state index in [1.807, 2.05) is 68.4 Å². The van der Waals surface area contributed by atoms with E-state index in [-0.39, 0.29) is 30.5 Å². The molecule has 1 amide bonds. The average Bonchev–Trinajstić information content (AvgIpc) is 3.58. The molecule has 4 aromatic rings. The van der Waals surface area contributed by atoms with Crippen molar-refractivity contribution in [2.24, 2.45) is 11.1 Å². The lowest BCUT2D eigenvalue weighted by molar-refractivity contribution is -0.149. The Morgan fingerprint density at radius 1 is 1.04 bits per heavy atom. The number of carbonyl (C=O) groups is 2. The lowest BCUT2D eigenvalue weighted by atomic mass is 9.82. The number of amides is 1. The average molecular weight is 624 g/mol. The normalized spacial score (nSPS) is 19.5. The van der Waals surface area contributed by atoms with Crippen molar-refractivity contribution < 1.29 is 24.3 Å². The zero-order chi connectivity index (χ0) is 32.6. The van der Waals surface area contributed by atoms with E-state index in [9.17, 15) is 14.7 Å². The molecule has 2 heterocycles. The molecule has 5 rings (SSSR count). The molecule has 5 atom stereocenters. The summed E-state index contributed by atoms with van der Waals surface area (Å²) in [6.45, 7) is 5.89. The zero-order valence-electron chi connectivity index (χ0n) is 26.7. The van der Waals surface area contributed by atoms with Gasteiger partial charge in [0.25, 0.3) is 5.91 Å². The molecule has 46 heavy (non-hydrogen) atoms. The summed E-state index contributed by atoms with van der Waals surface area (Å²) >= 11 is 0. The lowest BCUT2D eigenvalue weighted by Gasteiger charge is -2.44. The van der Waals surface area contributed by atoms with E-state index in [2.05, 4.69) is 22.4 Å². The third-order valence-electron chi connectivity index (χ3n) is 8.62. The first-order valence-electron chi connectivity index (χ1n) is 15.6. The summed E-state index contributed by atoms with van der Waals surface area (Å²) in [5.74, 6) is -0.467. The van der Waals surface area contributed by atoms with Crippen molar-refractivity contribution in [3.05, 3.63) is 119 Å². The number of ether oxygens (including phenoxy) is 1. The van der Waals surface area contributed by atoms with Crippen molar-refractivity contribution in [3.63, 3.8) is 0 Å². The van der Waals surface area contributed by atoms with Crippen LogP contribution in [-0.2, 0) is 20.8 Å². The van der Waals surface area contributed by atoms with Gasteiger partial charge < -0.3 is 19.6 Å². The third kappa shape index (κ3) is 7.51. The minimum atomic E-state index is -0.667. The highest BCUT2D eigenvalue weighted by atomic mass is 16.6. The van der Waals surface area contributed by atoms with Crippen LogP contribution in [0.3, 0.4) is 0 Å². The first-order chi connectivity index (χ1) is 22.3. The zero-order valence-corrected chi connectivity index (χ0v) is 26.7. The number of aryl methyl sites for hydroxylation is 1. The number of aromatic nitrogens is 3. The highest BCUT2D eigenvalue weighted by Crippen LogP contribution is 2.40. The second-order valence-electron chi connectivity index (χ2n) is 11.9. The fourth-order valence-corrected chi connectivity index (χ4v) is 5.95. The predicted molar refractivity (Wildman–Crippen MR) is 174 cm³/mol. The first kappa shape index (κ1) is 32.6. The topological polar surface area (TPSA) is 119 Å². The number of methoxy groups -OCH3 is 1. The number of likely N-dealkylation sites (tertiary alicyclic amines) is 1. The van der Waals surface area contributed by atoms with Crippen LogP contribution in [0.5, 0.6) is 0 Å². The van der Waals surface area contributed by atoms with Gasteiger partial charge >= 0.3 is 5.97 Å². The highest BCUT2D eigenvalue weighted by molar-refractivity contribution is 5.98. The molecule has 0 aliphatic carbocycles. The Bertz CT molecular complexity index is 1620. The Morgan fingerprint density at radius 3 is 2.43 bits per heavy atom. The standard InChI is InChI=1S/C36H41N5O5/c1-24-10-15-29(16-11-24)34-25(2)12-19-33(36(44)45-4)41(34)35(43)30-17-13-28(14-18-30)21-37-46-26(3)32-22-40(39-38-32)31(23-42)20-27-8-6-5-7-9-27/h5-11,13-18,21-22,25-26,31,33-34,42H,12,19-20,23H2,1-4H3/t25-,26-,31-,33-,34-/m0/s1. The number of aliphatic hydroxyl groups excluding tert-OH is 1. The molecule has 1 N–H and O–H groups in total. The van der Waals surface area contributed by atoms with Gasteiger partial charge in [-0.05, 0) is 67.9 Å². The molecule has 3 aromatic carbocycles. The monoisotopic (exact) mass is 623 g/mol. The van der Waals surface area contributed by atoms with E-state index in [1.165, 1.54) is 7.11 Å². The summed E-state index contributed by atoms with van der Waals surface area (Å²) in [6.07, 6.45) is 4.83. The molecular formula is C36H41N5O5. The van der Waals surface area contributed by atoms with Crippen LogP contribution in [0, 0.1) is 12.8 Å². The van der Waals surface area contributed by atoms with Gasteiger partial charge in [0.15, 0.2) is 6.10 Å². The highest BCUT2D eigenvalue weighted by Gasteiger charge is 2.43. The Hall–Kier alpha value is -4.83. The van der Waals surface area contributed by atoms with Crippen molar-refractivity contribution >= 4 is 18.1 Å². The molecule has 0 bridgehead atoms. The molecule has 1 aliphatic rings. The molecule has 0 unspecified atom stereocenters. The van der Waals surface area contributed by atoms with Gasteiger partial charge in [-0.15, -0.1) is 5.10 Å². The molecule has 1 saturated heterocycles. The van der Waals surface area contributed by atoms with E-state index >= 15 is 0 Å². The maximum atomic E-state index is 14.0. The number of aliphatic hydroxyl groups is 1. The molecule has 10 heteroatoms. The first-order valence-corrected chi connectivity index (χ1v) is 15.6. The molecule has 1 aliphatic heterocycles. The van der Waals surface area contributed by atoms with Gasteiger partial charge in [0.1, 0.15) is 11.7 Å². The molecule has 240 valence electrons. The van der Waals surface area contributed by atoms with E-state index in [4.69, 9.17) is 9.57 Å². The molecule has 1 fully saturated rings. The molecule has 0 radical (unpaired) electrons. The van der Waals surface area contributed by atoms with Gasteiger partial charge in [0.05, 0.1) is 38.2 Å². The Balaban J connectivity index is 1.25. The largest absolute Gasteiger partial charge is 0.467 e. The maximum Gasteiger partial charge on any atom is 0.328 e. The number of rotatable bonds is 11. The summed E-state index contributed by atoms with van der Waals surface area (Å²) in [7, 11) is 1.36. The number of hydrogen-bond acceptors (Lipinski definition) is 8. The van der Waals surface area contributed by atoms with Crippen LogP contribution >= 0.6 is 0 Å². The second kappa shape index (κ2) is 15.0. The molecule has 1 aromatic heterocycles. The molecular weight excluding hydrogens is 582 g/mol.